The molecule has 0 aromatic rings. The van der Waals surface area contributed by atoms with Crippen LogP contribution in [0.1, 0.15) is 32.6 Å². The van der Waals surface area contributed by atoms with Crippen LogP contribution >= 0.6 is 0 Å². The molecule has 0 aliphatic carbocycles. The lowest BCUT2D eigenvalue weighted by Gasteiger charge is -2.29. The summed E-state index contributed by atoms with van der Waals surface area (Å²) in [5.74, 6) is -0.426. The zero-order chi connectivity index (χ0) is 14.0. The van der Waals surface area contributed by atoms with E-state index in [0.717, 1.165) is 19.3 Å². The van der Waals surface area contributed by atoms with Crippen molar-refractivity contribution in [2.75, 3.05) is 19.6 Å². The highest BCUT2D eigenvalue weighted by Crippen LogP contribution is 2.23. The number of rotatable bonds is 1. The van der Waals surface area contributed by atoms with Gasteiger partial charge in [-0.1, -0.05) is 6.92 Å². The molecule has 2 aliphatic heterocycles. The first-order valence-electron chi connectivity index (χ1n) is 6.95. The number of carbonyl (C=O) groups excluding carboxylic acids is 1. The summed E-state index contributed by atoms with van der Waals surface area (Å²) in [5.41, 5.74) is 0. The minimum Gasteiger partial charge on any atom is -0.480 e. The second-order valence-electron chi connectivity index (χ2n) is 5.70. The number of hydrogen-bond acceptors (Lipinski definition) is 3. The predicted octanol–water partition coefficient (Wildman–Crippen LogP) is 0.748. The second-order valence-corrected chi connectivity index (χ2v) is 5.70. The molecule has 1 unspecified atom stereocenters. The Hall–Kier alpha value is -1.30. The molecule has 0 aromatic carbocycles. The molecule has 2 rings (SSSR count). The Morgan fingerprint density at radius 2 is 1.95 bits per heavy atom. The van der Waals surface area contributed by atoms with Gasteiger partial charge in [0.2, 0.25) is 0 Å². The molecular formula is C13H22N2O4. The van der Waals surface area contributed by atoms with Gasteiger partial charge >= 0.3 is 12.0 Å². The number of nitrogens with zero attached hydrogens (tertiary/aromatic N) is 2. The van der Waals surface area contributed by atoms with Gasteiger partial charge in [-0.3, -0.25) is 0 Å². The van der Waals surface area contributed by atoms with E-state index in [-0.39, 0.29) is 19.0 Å². The molecule has 2 heterocycles. The van der Waals surface area contributed by atoms with Crippen LogP contribution in [0.15, 0.2) is 0 Å². The van der Waals surface area contributed by atoms with Crippen molar-refractivity contribution in [1.29, 1.82) is 0 Å². The highest BCUT2D eigenvalue weighted by atomic mass is 16.4. The molecule has 2 amide bonds. The van der Waals surface area contributed by atoms with Gasteiger partial charge in [-0.25, -0.2) is 9.59 Å². The maximum Gasteiger partial charge on any atom is 0.326 e. The van der Waals surface area contributed by atoms with Crippen LogP contribution in [0, 0.1) is 5.92 Å². The van der Waals surface area contributed by atoms with Gasteiger partial charge in [0.25, 0.3) is 0 Å². The lowest BCUT2D eigenvalue weighted by molar-refractivity contribution is -0.141. The Kier molecular flexibility index (Phi) is 4.29. The fraction of sp³-hybridized carbons (Fsp3) is 0.846. The number of aliphatic hydroxyl groups excluding tert-OH is 1. The second kappa shape index (κ2) is 5.77. The normalized spacial score (nSPS) is 32.2. The van der Waals surface area contributed by atoms with E-state index >= 15 is 0 Å². The zero-order valence-electron chi connectivity index (χ0n) is 11.3. The van der Waals surface area contributed by atoms with E-state index in [9.17, 15) is 14.7 Å². The van der Waals surface area contributed by atoms with Crippen molar-refractivity contribution in [1.82, 2.24) is 9.80 Å². The number of hydrogen-bond donors (Lipinski definition) is 2. The molecule has 19 heavy (non-hydrogen) atoms. The SMILES string of the molecule is CC1CCCN(C(=O)N2C[C@@H](O)C[C@H]2C(=O)O)CC1. The van der Waals surface area contributed by atoms with Crippen molar-refractivity contribution >= 4 is 12.0 Å². The topological polar surface area (TPSA) is 81.1 Å². The number of urea groups is 1. The first-order valence-corrected chi connectivity index (χ1v) is 6.95. The smallest absolute Gasteiger partial charge is 0.326 e. The van der Waals surface area contributed by atoms with Gasteiger partial charge in [0.15, 0.2) is 0 Å². The summed E-state index contributed by atoms with van der Waals surface area (Å²) in [7, 11) is 0. The molecular weight excluding hydrogens is 248 g/mol. The summed E-state index contributed by atoms with van der Waals surface area (Å²) >= 11 is 0. The van der Waals surface area contributed by atoms with E-state index in [1.165, 1.54) is 4.90 Å². The highest BCUT2D eigenvalue weighted by Gasteiger charge is 2.40. The van der Waals surface area contributed by atoms with E-state index in [1.807, 2.05) is 0 Å². The highest BCUT2D eigenvalue weighted by molar-refractivity contribution is 5.83. The minimum absolute atomic E-state index is 0.127. The third-order valence-electron chi connectivity index (χ3n) is 4.10. The van der Waals surface area contributed by atoms with Crippen LogP contribution in [0.2, 0.25) is 0 Å². The van der Waals surface area contributed by atoms with Gasteiger partial charge in [-0.2, -0.15) is 0 Å². The summed E-state index contributed by atoms with van der Waals surface area (Å²) in [6.45, 7) is 3.66. The molecule has 0 aromatic heterocycles. The maximum atomic E-state index is 12.4. The van der Waals surface area contributed by atoms with Crippen molar-refractivity contribution in [2.24, 2.45) is 5.92 Å². The molecule has 2 fully saturated rings. The molecule has 0 radical (unpaired) electrons. The van der Waals surface area contributed by atoms with Gasteiger partial charge in [0.1, 0.15) is 6.04 Å². The summed E-state index contributed by atoms with van der Waals surface area (Å²) in [6.07, 6.45) is 2.43. The molecule has 0 spiro atoms. The summed E-state index contributed by atoms with van der Waals surface area (Å²) in [6, 6.07) is -1.12. The quantitative estimate of drug-likeness (QED) is 0.736. The lowest BCUT2D eigenvalue weighted by atomic mass is 10.0. The Morgan fingerprint density at radius 1 is 1.21 bits per heavy atom. The molecule has 2 aliphatic rings. The molecule has 6 heteroatoms. The van der Waals surface area contributed by atoms with Crippen molar-refractivity contribution in [3.8, 4) is 0 Å². The monoisotopic (exact) mass is 270 g/mol. The van der Waals surface area contributed by atoms with E-state index in [4.69, 9.17) is 5.11 Å². The summed E-state index contributed by atoms with van der Waals surface area (Å²) in [4.78, 5) is 26.6. The van der Waals surface area contributed by atoms with Crippen LogP contribution in [0.5, 0.6) is 0 Å². The number of carbonyl (C=O) groups is 2. The molecule has 2 N–H and O–H groups in total. The number of aliphatic carboxylic acids is 1. The number of carboxylic acid groups (broad SMARTS) is 1. The molecule has 108 valence electrons. The van der Waals surface area contributed by atoms with Crippen LogP contribution in [0.3, 0.4) is 0 Å². The van der Waals surface area contributed by atoms with E-state index < -0.39 is 18.1 Å². The van der Waals surface area contributed by atoms with Gasteiger partial charge < -0.3 is 20.0 Å². The van der Waals surface area contributed by atoms with Crippen LogP contribution in [-0.4, -0.2) is 63.8 Å². The van der Waals surface area contributed by atoms with Crippen LogP contribution in [0.25, 0.3) is 0 Å². The fourth-order valence-electron chi connectivity index (χ4n) is 2.90. The zero-order valence-corrected chi connectivity index (χ0v) is 11.3. The molecule has 0 saturated carbocycles. The first-order chi connectivity index (χ1) is 8.99. The standard InChI is InChI=1S/C13H22N2O4/c1-9-3-2-5-14(6-4-9)13(19)15-8-10(16)7-11(15)12(17)18/h9-11,16H,2-8H2,1H3,(H,17,18)/t9?,10-,11-/m0/s1. The minimum atomic E-state index is -1.03. The van der Waals surface area contributed by atoms with Gasteiger partial charge in [-0.05, 0) is 25.2 Å². The molecule has 0 bridgehead atoms. The number of amides is 2. The van der Waals surface area contributed by atoms with E-state index in [2.05, 4.69) is 6.92 Å². The van der Waals surface area contributed by atoms with Crippen LogP contribution in [-0.2, 0) is 4.79 Å². The number of likely N-dealkylation sites (tertiary alicyclic amines) is 2. The average Bonchev–Trinajstić information content (AvgIpc) is 2.61. The van der Waals surface area contributed by atoms with Crippen molar-refractivity contribution in [3.63, 3.8) is 0 Å². The third kappa shape index (κ3) is 3.18. The van der Waals surface area contributed by atoms with Gasteiger partial charge in [0, 0.05) is 26.1 Å². The Labute approximate surface area is 113 Å². The van der Waals surface area contributed by atoms with Crippen LogP contribution < -0.4 is 0 Å². The number of β-amino-alcohol motifs (C(OH)–C–C–N with tert-alkyl or cyclic N) is 1. The van der Waals surface area contributed by atoms with Gasteiger partial charge in [0.05, 0.1) is 6.10 Å². The van der Waals surface area contributed by atoms with Crippen molar-refractivity contribution in [3.05, 3.63) is 0 Å². The predicted molar refractivity (Wildman–Crippen MR) is 68.7 cm³/mol. The third-order valence-corrected chi connectivity index (χ3v) is 4.10. The average molecular weight is 270 g/mol. The van der Waals surface area contributed by atoms with Crippen LogP contribution in [0.4, 0.5) is 4.79 Å². The Balaban J connectivity index is 2.03. The number of aliphatic hydroxyl groups is 1. The Bertz CT molecular complexity index is 361. The lowest BCUT2D eigenvalue weighted by Crippen LogP contribution is -2.48. The Morgan fingerprint density at radius 3 is 2.63 bits per heavy atom. The maximum absolute atomic E-state index is 12.4. The van der Waals surface area contributed by atoms with Crippen molar-refractivity contribution < 1.29 is 19.8 Å². The molecule has 3 atom stereocenters. The largest absolute Gasteiger partial charge is 0.480 e. The fourth-order valence-corrected chi connectivity index (χ4v) is 2.90. The van der Waals surface area contributed by atoms with Crippen molar-refractivity contribution in [2.45, 2.75) is 44.8 Å². The van der Waals surface area contributed by atoms with Gasteiger partial charge in [-0.15, -0.1) is 0 Å². The summed E-state index contributed by atoms with van der Waals surface area (Å²) < 4.78 is 0. The molecule has 2 saturated heterocycles. The summed E-state index contributed by atoms with van der Waals surface area (Å²) in [5, 5.41) is 18.7. The number of carboxylic acids is 1. The van der Waals surface area contributed by atoms with E-state index in [1.54, 1.807) is 4.90 Å². The van der Waals surface area contributed by atoms with E-state index in [0.29, 0.717) is 19.0 Å². The first kappa shape index (κ1) is 14.1. The molecule has 6 nitrogen and oxygen atoms in total.